The van der Waals surface area contributed by atoms with Gasteiger partial charge in [-0.15, -0.1) is 0 Å². The molecule has 0 bridgehead atoms. The van der Waals surface area contributed by atoms with Gasteiger partial charge in [0.15, 0.2) is 0 Å². The first kappa shape index (κ1) is 14.4. The van der Waals surface area contributed by atoms with Crippen molar-refractivity contribution < 1.29 is 9.18 Å². The number of amides is 1. The predicted molar refractivity (Wildman–Crippen MR) is 74.6 cm³/mol. The minimum absolute atomic E-state index is 0.206. The second-order valence-electron chi connectivity index (χ2n) is 3.80. The molecule has 5 heteroatoms. The first-order valence-corrected chi connectivity index (χ1v) is 6.59. The molecule has 17 heavy (non-hydrogen) atoms. The SMILES string of the molecule is CCN[C@H](C)CNC(=O)c1ccc(I)c(F)c1. The Morgan fingerprint density at radius 2 is 2.24 bits per heavy atom. The van der Waals surface area contributed by atoms with Crippen molar-refractivity contribution >= 4 is 28.5 Å². The third kappa shape index (κ3) is 4.59. The van der Waals surface area contributed by atoms with Crippen LogP contribution < -0.4 is 10.6 Å². The molecular formula is C12H16FIN2O. The fourth-order valence-electron chi connectivity index (χ4n) is 1.41. The van der Waals surface area contributed by atoms with Gasteiger partial charge in [-0.05, 0) is 54.3 Å². The van der Waals surface area contributed by atoms with Crippen LogP contribution in [0.4, 0.5) is 4.39 Å². The van der Waals surface area contributed by atoms with Gasteiger partial charge >= 0.3 is 0 Å². The van der Waals surface area contributed by atoms with Gasteiger partial charge in [0.1, 0.15) is 5.82 Å². The molecule has 1 aromatic carbocycles. The van der Waals surface area contributed by atoms with Gasteiger partial charge in [0, 0.05) is 21.7 Å². The fraction of sp³-hybridized carbons (Fsp3) is 0.417. The molecule has 0 saturated heterocycles. The first-order chi connectivity index (χ1) is 8.04. The highest BCUT2D eigenvalue weighted by Gasteiger charge is 2.09. The fourth-order valence-corrected chi connectivity index (χ4v) is 1.74. The molecule has 0 heterocycles. The largest absolute Gasteiger partial charge is 0.350 e. The highest BCUT2D eigenvalue weighted by molar-refractivity contribution is 14.1. The average Bonchev–Trinajstić information content (AvgIpc) is 2.30. The summed E-state index contributed by atoms with van der Waals surface area (Å²) in [6.45, 7) is 5.38. The Kier molecular flexibility index (Phi) is 5.84. The van der Waals surface area contributed by atoms with E-state index in [1.807, 2.05) is 36.4 Å². The van der Waals surface area contributed by atoms with E-state index in [2.05, 4.69) is 10.6 Å². The van der Waals surface area contributed by atoms with E-state index in [-0.39, 0.29) is 17.8 Å². The summed E-state index contributed by atoms with van der Waals surface area (Å²) in [6, 6.07) is 4.68. The van der Waals surface area contributed by atoms with Crippen molar-refractivity contribution in [1.29, 1.82) is 0 Å². The zero-order valence-electron chi connectivity index (χ0n) is 9.89. The van der Waals surface area contributed by atoms with Crippen LogP contribution in [0.15, 0.2) is 18.2 Å². The first-order valence-electron chi connectivity index (χ1n) is 5.51. The number of carbonyl (C=O) groups is 1. The summed E-state index contributed by atoms with van der Waals surface area (Å²) in [5.74, 6) is -0.608. The van der Waals surface area contributed by atoms with Gasteiger partial charge in [0.2, 0.25) is 0 Å². The number of carbonyl (C=O) groups excluding carboxylic acids is 1. The lowest BCUT2D eigenvalue weighted by Gasteiger charge is -2.13. The van der Waals surface area contributed by atoms with Gasteiger partial charge < -0.3 is 10.6 Å². The van der Waals surface area contributed by atoms with Crippen LogP contribution in [0.1, 0.15) is 24.2 Å². The number of rotatable bonds is 5. The summed E-state index contributed by atoms with van der Waals surface area (Å²) in [7, 11) is 0. The second-order valence-corrected chi connectivity index (χ2v) is 4.96. The van der Waals surface area contributed by atoms with Crippen LogP contribution in [0.25, 0.3) is 0 Å². The molecule has 0 aromatic heterocycles. The molecule has 0 aliphatic carbocycles. The number of nitrogens with one attached hydrogen (secondary N) is 2. The predicted octanol–water partition coefficient (Wildman–Crippen LogP) is 2.16. The van der Waals surface area contributed by atoms with E-state index in [1.54, 1.807) is 12.1 Å². The van der Waals surface area contributed by atoms with E-state index in [0.717, 1.165) is 6.54 Å². The lowest BCUT2D eigenvalue weighted by Crippen LogP contribution is -2.38. The van der Waals surface area contributed by atoms with E-state index in [4.69, 9.17) is 0 Å². The van der Waals surface area contributed by atoms with Gasteiger partial charge in [0.05, 0.1) is 0 Å². The molecule has 1 atom stereocenters. The van der Waals surface area contributed by atoms with Crippen LogP contribution in [-0.2, 0) is 0 Å². The molecule has 1 amide bonds. The Morgan fingerprint density at radius 3 is 2.82 bits per heavy atom. The molecule has 3 nitrogen and oxygen atoms in total. The quantitative estimate of drug-likeness (QED) is 0.800. The molecule has 0 aliphatic rings. The summed E-state index contributed by atoms with van der Waals surface area (Å²) in [5.41, 5.74) is 0.353. The van der Waals surface area contributed by atoms with Crippen molar-refractivity contribution in [3.8, 4) is 0 Å². The third-order valence-corrected chi connectivity index (χ3v) is 3.18. The van der Waals surface area contributed by atoms with Crippen molar-refractivity contribution in [1.82, 2.24) is 10.6 Å². The van der Waals surface area contributed by atoms with E-state index in [1.165, 1.54) is 6.07 Å². The second kappa shape index (κ2) is 6.90. The molecule has 0 unspecified atom stereocenters. The van der Waals surface area contributed by atoms with E-state index in [9.17, 15) is 9.18 Å². The van der Waals surface area contributed by atoms with Crippen LogP contribution in [0.3, 0.4) is 0 Å². The van der Waals surface area contributed by atoms with Gasteiger partial charge in [0.25, 0.3) is 5.91 Å². The monoisotopic (exact) mass is 350 g/mol. The van der Waals surface area contributed by atoms with Crippen LogP contribution in [-0.4, -0.2) is 25.0 Å². The maximum Gasteiger partial charge on any atom is 0.251 e. The summed E-state index contributed by atoms with van der Waals surface area (Å²) in [4.78, 5) is 11.7. The van der Waals surface area contributed by atoms with Crippen molar-refractivity contribution in [2.45, 2.75) is 19.9 Å². The van der Waals surface area contributed by atoms with Gasteiger partial charge in [-0.2, -0.15) is 0 Å². The maximum atomic E-state index is 13.3. The van der Waals surface area contributed by atoms with Crippen molar-refractivity contribution in [3.63, 3.8) is 0 Å². The van der Waals surface area contributed by atoms with Crippen LogP contribution in [0.5, 0.6) is 0 Å². The number of hydrogen-bond donors (Lipinski definition) is 2. The summed E-state index contributed by atoms with van der Waals surface area (Å²) < 4.78 is 13.8. The molecular weight excluding hydrogens is 334 g/mol. The van der Waals surface area contributed by atoms with E-state index in [0.29, 0.717) is 15.7 Å². The van der Waals surface area contributed by atoms with Crippen LogP contribution in [0, 0.1) is 9.39 Å². The minimum Gasteiger partial charge on any atom is -0.350 e. The molecule has 2 N–H and O–H groups in total. The van der Waals surface area contributed by atoms with Crippen LogP contribution in [0.2, 0.25) is 0 Å². The third-order valence-electron chi connectivity index (χ3n) is 2.30. The standard InChI is InChI=1S/C12H16FIN2O/c1-3-15-8(2)7-16-12(17)9-4-5-11(14)10(13)6-9/h4-6,8,15H,3,7H2,1-2H3,(H,16,17)/t8-/m1/s1. The molecule has 1 rings (SSSR count). The molecule has 0 spiro atoms. The Labute approximate surface area is 114 Å². The lowest BCUT2D eigenvalue weighted by atomic mass is 10.2. The maximum absolute atomic E-state index is 13.3. The Hall–Kier alpha value is -0.690. The molecule has 0 fully saturated rings. The molecule has 0 saturated carbocycles. The molecule has 1 aromatic rings. The normalized spacial score (nSPS) is 12.2. The Bertz CT molecular complexity index is 398. The zero-order valence-corrected chi connectivity index (χ0v) is 12.0. The van der Waals surface area contributed by atoms with Crippen molar-refractivity contribution in [3.05, 3.63) is 33.1 Å². The molecule has 0 aliphatic heterocycles. The summed E-state index contributed by atoms with van der Waals surface area (Å²) in [5, 5.41) is 5.94. The number of likely N-dealkylation sites (N-methyl/N-ethyl adjacent to an activating group) is 1. The number of halogens is 2. The summed E-state index contributed by atoms with van der Waals surface area (Å²) >= 11 is 1.89. The zero-order chi connectivity index (χ0) is 12.8. The average molecular weight is 350 g/mol. The molecule has 94 valence electrons. The van der Waals surface area contributed by atoms with Gasteiger partial charge in [-0.1, -0.05) is 6.92 Å². The Morgan fingerprint density at radius 1 is 1.53 bits per heavy atom. The van der Waals surface area contributed by atoms with E-state index >= 15 is 0 Å². The number of hydrogen-bond acceptors (Lipinski definition) is 2. The van der Waals surface area contributed by atoms with Crippen LogP contribution >= 0.6 is 22.6 Å². The smallest absolute Gasteiger partial charge is 0.251 e. The number of benzene rings is 1. The Balaban J connectivity index is 2.55. The molecule has 0 radical (unpaired) electrons. The van der Waals surface area contributed by atoms with Gasteiger partial charge in [-0.25, -0.2) is 4.39 Å². The van der Waals surface area contributed by atoms with E-state index < -0.39 is 0 Å². The highest BCUT2D eigenvalue weighted by atomic mass is 127. The topological polar surface area (TPSA) is 41.1 Å². The minimum atomic E-state index is -0.363. The summed E-state index contributed by atoms with van der Waals surface area (Å²) in [6.07, 6.45) is 0. The van der Waals surface area contributed by atoms with Crippen molar-refractivity contribution in [2.24, 2.45) is 0 Å². The van der Waals surface area contributed by atoms with Gasteiger partial charge in [-0.3, -0.25) is 4.79 Å². The lowest BCUT2D eigenvalue weighted by molar-refractivity contribution is 0.0949. The highest BCUT2D eigenvalue weighted by Crippen LogP contribution is 2.12. The van der Waals surface area contributed by atoms with Crippen molar-refractivity contribution in [2.75, 3.05) is 13.1 Å².